The van der Waals surface area contributed by atoms with E-state index < -0.39 is 15.5 Å². The zero-order chi connectivity index (χ0) is 18.9. The molecule has 5 nitrogen and oxygen atoms in total. The third-order valence-corrected chi connectivity index (χ3v) is 5.67. The highest BCUT2D eigenvalue weighted by atomic mass is 32.2. The summed E-state index contributed by atoms with van der Waals surface area (Å²) in [6, 6.07) is 8.13. The Bertz CT molecular complexity index is 859. The Morgan fingerprint density at radius 2 is 1.36 bits per heavy atom. The fraction of sp³-hybridized carbons (Fsp3) is 0.368. The van der Waals surface area contributed by atoms with Gasteiger partial charge in [-0.05, 0) is 91.8 Å². The van der Waals surface area contributed by atoms with Gasteiger partial charge in [0.1, 0.15) is 0 Å². The molecule has 0 bridgehead atoms. The van der Waals surface area contributed by atoms with Crippen molar-refractivity contribution in [3.63, 3.8) is 0 Å². The standard InChI is InChI=1S/C19H26N2O3S/c1-6-17(25(22,23)24)21-19-13(4)9-16(10-14(19)5)15-7-11(2)18(20)12(3)8-15/h7-10,17,21H,6,20H2,1-5H3,(H,22,23,24). The lowest BCUT2D eigenvalue weighted by molar-refractivity contribution is 0.470. The maximum absolute atomic E-state index is 11.5. The SMILES string of the molecule is CCC(Nc1c(C)cc(-c2cc(C)c(N)c(C)c2)cc1C)S(=O)(=O)O. The van der Waals surface area contributed by atoms with Crippen LogP contribution < -0.4 is 11.1 Å². The lowest BCUT2D eigenvalue weighted by Gasteiger charge is -2.20. The van der Waals surface area contributed by atoms with Crippen molar-refractivity contribution in [3.05, 3.63) is 46.5 Å². The average molecular weight is 362 g/mol. The third-order valence-electron chi connectivity index (χ3n) is 4.50. The van der Waals surface area contributed by atoms with Gasteiger partial charge in [-0.2, -0.15) is 8.42 Å². The number of nitrogens with one attached hydrogen (secondary N) is 1. The summed E-state index contributed by atoms with van der Waals surface area (Å²) in [6.07, 6.45) is 0.274. The molecule has 6 heteroatoms. The highest BCUT2D eigenvalue weighted by molar-refractivity contribution is 7.86. The molecule has 0 aliphatic carbocycles. The topological polar surface area (TPSA) is 92.4 Å². The van der Waals surface area contributed by atoms with Crippen molar-refractivity contribution in [2.24, 2.45) is 0 Å². The smallest absolute Gasteiger partial charge is 0.286 e. The molecule has 0 saturated heterocycles. The molecule has 4 N–H and O–H groups in total. The Kier molecular flexibility index (Phi) is 5.44. The summed E-state index contributed by atoms with van der Waals surface area (Å²) in [7, 11) is -4.15. The van der Waals surface area contributed by atoms with E-state index in [-0.39, 0.29) is 6.42 Å². The Labute approximate surface area is 150 Å². The summed E-state index contributed by atoms with van der Waals surface area (Å²) in [5.41, 5.74) is 13.6. The second-order valence-corrected chi connectivity index (χ2v) is 8.16. The van der Waals surface area contributed by atoms with Crippen molar-refractivity contribution in [3.8, 4) is 11.1 Å². The number of anilines is 2. The van der Waals surface area contributed by atoms with Gasteiger partial charge in [0.05, 0.1) is 0 Å². The van der Waals surface area contributed by atoms with Crippen LogP contribution in [0.5, 0.6) is 0 Å². The Balaban J connectivity index is 2.47. The minimum Gasteiger partial charge on any atom is -0.398 e. The molecule has 0 aromatic heterocycles. The van der Waals surface area contributed by atoms with Gasteiger partial charge in [0.2, 0.25) is 0 Å². The molecule has 0 fully saturated rings. The van der Waals surface area contributed by atoms with E-state index in [0.717, 1.165) is 44.8 Å². The zero-order valence-corrected chi connectivity index (χ0v) is 16.2. The van der Waals surface area contributed by atoms with Crippen molar-refractivity contribution in [2.45, 2.75) is 46.4 Å². The van der Waals surface area contributed by atoms with Crippen LogP contribution in [-0.2, 0) is 10.1 Å². The number of rotatable bonds is 5. The second kappa shape index (κ2) is 7.06. The van der Waals surface area contributed by atoms with Crippen molar-refractivity contribution < 1.29 is 13.0 Å². The molecule has 0 heterocycles. The van der Waals surface area contributed by atoms with Crippen LogP contribution in [0.3, 0.4) is 0 Å². The summed E-state index contributed by atoms with van der Waals surface area (Å²) >= 11 is 0. The number of nitrogen functional groups attached to an aromatic ring is 1. The number of nitrogens with two attached hydrogens (primary N) is 1. The Morgan fingerprint density at radius 1 is 0.960 bits per heavy atom. The first-order valence-electron chi connectivity index (χ1n) is 8.25. The predicted octanol–water partition coefficient (Wildman–Crippen LogP) is 4.21. The summed E-state index contributed by atoms with van der Waals surface area (Å²) in [5, 5.41) is 1.94. The van der Waals surface area contributed by atoms with E-state index >= 15 is 0 Å². The summed E-state index contributed by atoms with van der Waals surface area (Å²) in [6.45, 7) is 9.53. The Morgan fingerprint density at radius 3 is 1.72 bits per heavy atom. The molecular weight excluding hydrogens is 336 g/mol. The highest BCUT2D eigenvalue weighted by Crippen LogP contribution is 2.32. The molecule has 0 aliphatic rings. The van der Waals surface area contributed by atoms with E-state index in [1.165, 1.54) is 0 Å². The maximum atomic E-state index is 11.5. The van der Waals surface area contributed by atoms with Crippen molar-refractivity contribution in [1.82, 2.24) is 0 Å². The van der Waals surface area contributed by atoms with Crippen LogP contribution >= 0.6 is 0 Å². The minimum absolute atomic E-state index is 0.274. The van der Waals surface area contributed by atoms with Crippen LogP contribution in [0.15, 0.2) is 24.3 Å². The maximum Gasteiger partial charge on any atom is 0.286 e. The van der Waals surface area contributed by atoms with Gasteiger partial charge in [-0.25, -0.2) is 0 Å². The lowest BCUT2D eigenvalue weighted by atomic mass is 9.95. The van der Waals surface area contributed by atoms with Crippen LogP contribution in [0, 0.1) is 27.7 Å². The Hall–Kier alpha value is -2.05. The molecule has 2 aromatic carbocycles. The molecule has 25 heavy (non-hydrogen) atoms. The molecule has 136 valence electrons. The molecular formula is C19H26N2O3S. The summed E-state index contributed by atoms with van der Waals surface area (Å²) < 4.78 is 32.3. The number of benzene rings is 2. The van der Waals surface area contributed by atoms with E-state index in [2.05, 4.69) is 17.4 Å². The van der Waals surface area contributed by atoms with Crippen LogP contribution in [-0.4, -0.2) is 18.3 Å². The van der Waals surface area contributed by atoms with E-state index in [1.54, 1.807) is 6.92 Å². The molecule has 2 rings (SSSR count). The lowest BCUT2D eigenvalue weighted by Crippen LogP contribution is -2.29. The van der Waals surface area contributed by atoms with Crippen LogP contribution in [0.2, 0.25) is 0 Å². The van der Waals surface area contributed by atoms with Gasteiger partial charge >= 0.3 is 0 Å². The van der Waals surface area contributed by atoms with Crippen molar-refractivity contribution in [1.29, 1.82) is 0 Å². The van der Waals surface area contributed by atoms with Crippen LogP contribution in [0.25, 0.3) is 11.1 Å². The van der Waals surface area contributed by atoms with E-state index in [9.17, 15) is 13.0 Å². The molecule has 0 saturated carbocycles. The molecule has 0 aliphatic heterocycles. The second-order valence-electron chi connectivity index (χ2n) is 6.56. The predicted molar refractivity (Wildman–Crippen MR) is 104 cm³/mol. The highest BCUT2D eigenvalue weighted by Gasteiger charge is 2.22. The first-order chi connectivity index (χ1) is 11.5. The normalized spacial score (nSPS) is 12.9. The summed E-state index contributed by atoms with van der Waals surface area (Å²) in [5.74, 6) is 0. The van der Waals surface area contributed by atoms with Gasteiger partial charge in [0.25, 0.3) is 10.1 Å². The minimum atomic E-state index is -4.15. The van der Waals surface area contributed by atoms with E-state index in [4.69, 9.17) is 5.73 Å². The fourth-order valence-electron chi connectivity index (χ4n) is 3.05. The molecule has 0 amide bonds. The quantitative estimate of drug-likeness (QED) is 0.547. The molecule has 2 aromatic rings. The monoisotopic (exact) mass is 362 g/mol. The first kappa shape index (κ1) is 19.3. The van der Waals surface area contributed by atoms with E-state index in [1.807, 2.05) is 39.8 Å². The third kappa shape index (κ3) is 4.14. The van der Waals surface area contributed by atoms with Gasteiger partial charge in [-0.15, -0.1) is 0 Å². The number of hydrogen-bond acceptors (Lipinski definition) is 4. The van der Waals surface area contributed by atoms with Crippen LogP contribution in [0.1, 0.15) is 35.6 Å². The molecule has 1 atom stereocenters. The summed E-state index contributed by atoms with van der Waals surface area (Å²) in [4.78, 5) is 0. The molecule has 1 unspecified atom stereocenters. The van der Waals surface area contributed by atoms with E-state index in [0.29, 0.717) is 0 Å². The molecule has 0 radical (unpaired) electrons. The number of aryl methyl sites for hydroxylation is 4. The van der Waals surface area contributed by atoms with Gasteiger partial charge < -0.3 is 11.1 Å². The average Bonchev–Trinajstić information content (AvgIpc) is 2.50. The molecule has 0 spiro atoms. The number of hydrogen-bond donors (Lipinski definition) is 3. The zero-order valence-electron chi connectivity index (χ0n) is 15.3. The first-order valence-corrected chi connectivity index (χ1v) is 9.76. The van der Waals surface area contributed by atoms with Gasteiger partial charge in [-0.3, -0.25) is 4.55 Å². The largest absolute Gasteiger partial charge is 0.398 e. The van der Waals surface area contributed by atoms with Gasteiger partial charge in [-0.1, -0.05) is 6.92 Å². The van der Waals surface area contributed by atoms with Crippen molar-refractivity contribution >= 4 is 21.5 Å². The van der Waals surface area contributed by atoms with Gasteiger partial charge in [0, 0.05) is 11.4 Å². The van der Waals surface area contributed by atoms with Gasteiger partial charge in [0.15, 0.2) is 5.37 Å². The fourth-order valence-corrected chi connectivity index (χ4v) is 3.74. The van der Waals surface area contributed by atoms with Crippen molar-refractivity contribution in [2.75, 3.05) is 11.1 Å². The van der Waals surface area contributed by atoms with Crippen LogP contribution in [0.4, 0.5) is 11.4 Å².